The number of nitrogens with zero attached hydrogens (tertiary/aromatic N) is 1. The summed E-state index contributed by atoms with van der Waals surface area (Å²) in [6.45, 7) is 6.51. The molecule has 0 bridgehead atoms. The van der Waals surface area contributed by atoms with Crippen LogP contribution in [0.2, 0.25) is 0 Å². The van der Waals surface area contributed by atoms with Crippen molar-refractivity contribution >= 4 is 12.1 Å². The van der Waals surface area contributed by atoms with Crippen molar-refractivity contribution in [3.63, 3.8) is 0 Å². The van der Waals surface area contributed by atoms with Crippen LogP contribution in [0.4, 0.5) is 0 Å². The number of nitrogens with one attached hydrogen (secondary N) is 1. The van der Waals surface area contributed by atoms with Gasteiger partial charge in [-0.05, 0) is 34.2 Å². The Balaban J connectivity index is 1.93. The van der Waals surface area contributed by atoms with Crippen LogP contribution in [-0.2, 0) is 16.6 Å². The third-order valence-corrected chi connectivity index (χ3v) is 3.99. The summed E-state index contributed by atoms with van der Waals surface area (Å²) in [5.74, 6) is 1.04. The average molecular weight is 354 g/mol. The Bertz CT molecular complexity index is 775. The number of carbonyl (C=O) groups is 1. The largest absolute Gasteiger partial charge is 0.493 e. The molecule has 0 saturated carbocycles. The maximum absolute atomic E-state index is 12.0. The first-order valence-electron chi connectivity index (χ1n) is 8.47. The molecule has 26 heavy (non-hydrogen) atoms. The highest BCUT2D eigenvalue weighted by Crippen LogP contribution is 2.27. The predicted molar refractivity (Wildman–Crippen MR) is 104 cm³/mol. The molecule has 2 aromatic carbocycles. The number of amides is 1. The van der Waals surface area contributed by atoms with Crippen molar-refractivity contribution < 1.29 is 14.3 Å². The van der Waals surface area contributed by atoms with Crippen molar-refractivity contribution in [1.29, 1.82) is 0 Å². The minimum atomic E-state index is -0.195. The molecule has 138 valence electrons. The second-order valence-corrected chi connectivity index (χ2v) is 7.03. The van der Waals surface area contributed by atoms with E-state index in [1.165, 1.54) is 5.56 Å². The van der Waals surface area contributed by atoms with E-state index in [1.54, 1.807) is 32.6 Å². The standard InChI is InChI=1S/C21H26N2O3/c1-21(2,3)17-9-6-15(7-10-17)14-22-23-20(24)13-16-8-11-18(25-4)19(12-16)26-5/h6-12,14H,13H2,1-5H3,(H,23,24). The van der Waals surface area contributed by atoms with Gasteiger partial charge in [0.25, 0.3) is 0 Å². The lowest BCUT2D eigenvalue weighted by atomic mass is 9.87. The van der Waals surface area contributed by atoms with Crippen LogP contribution in [0.15, 0.2) is 47.6 Å². The Morgan fingerprint density at radius 1 is 1.04 bits per heavy atom. The normalized spacial score (nSPS) is 11.4. The lowest BCUT2D eigenvalue weighted by Gasteiger charge is -2.18. The van der Waals surface area contributed by atoms with Gasteiger partial charge in [-0.3, -0.25) is 4.79 Å². The zero-order chi connectivity index (χ0) is 19.2. The van der Waals surface area contributed by atoms with Gasteiger partial charge in [0, 0.05) is 0 Å². The van der Waals surface area contributed by atoms with E-state index in [4.69, 9.17) is 9.47 Å². The zero-order valence-electron chi connectivity index (χ0n) is 16.0. The molecule has 0 heterocycles. The van der Waals surface area contributed by atoms with Crippen LogP contribution in [0.3, 0.4) is 0 Å². The SMILES string of the molecule is COc1ccc(CC(=O)NN=Cc2ccc(C(C)(C)C)cc2)cc1OC. The third-order valence-electron chi connectivity index (χ3n) is 3.99. The van der Waals surface area contributed by atoms with Crippen LogP contribution < -0.4 is 14.9 Å². The number of hydrazone groups is 1. The van der Waals surface area contributed by atoms with E-state index in [0.29, 0.717) is 11.5 Å². The molecule has 0 atom stereocenters. The summed E-state index contributed by atoms with van der Waals surface area (Å²) in [4.78, 5) is 12.0. The van der Waals surface area contributed by atoms with Gasteiger partial charge >= 0.3 is 0 Å². The van der Waals surface area contributed by atoms with Crippen molar-refractivity contribution in [3.05, 3.63) is 59.2 Å². The van der Waals surface area contributed by atoms with Crippen molar-refractivity contribution in [1.82, 2.24) is 5.43 Å². The van der Waals surface area contributed by atoms with Gasteiger partial charge in [-0.2, -0.15) is 5.10 Å². The van der Waals surface area contributed by atoms with Gasteiger partial charge in [0.2, 0.25) is 5.91 Å². The van der Waals surface area contributed by atoms with Crippen LogP contribution in [0.5, 0.6) is 11.5 Å². The molecule has 2 rings (SSSR count). The Kier molecular flexibility index (Phi) is 6.39. The first-order valence-corrected chi connectivity index (χ1v) is 8.47. The van der Waals surface area contributed by atoms with Gasteiger partial charge < -0.3 is 9.47 Å². The summed E-state index contributed by atoms with van der Waals surface area (Å²) >= 11 is 0. The van der Waals surface area contributed by atoms with Gasteiger partial charge in [-0.1, -0.05) is 51.1 Å². The molecule has 0 spiro atoms. The summed E-state index contributed by atoms with van der Waals surface area (Å²) in [7, 11) is 3.14. The highest BCUT2D eigenvalue weighted by atomic mass is 16.5. The fourth-order valence-corrected chi connectivity index (χ4v) is 2.46. The molecule has 0 saturated heterocycles. The maximum Gasteiger partial charge on any atom is 0.244 e. The summed E-state index contributed by atoms with van der Waals surface area (Å²) < 4.78 is 10.4. The number of hydrogen-bond donors (Lipinski definition) is 1. The molecule has 0 aliphatic rings. The lowest BCUT2D eigenvalue weighted by Crippen LogP contribution is -2.19. The van der Waals surface area contributed by atoms with Gasteiger partial charge in [0.15, 0.2) is 11.5 Å². The van der Waals surface area contributed by atoms with E-state index >= 15 is 0 Å². The molecule has 0 fully saturated rings. The highest BCUT2D eigenvalue weighted by Gasteiger charge is 2.12. The van der Waals surface area contributed by atoms with Gasteiger partial charge in [-0.15, -0.1) is 0 Å². The molecule has 2 aromatic rings. The van der Waals surface area contributed by atoms with E-state index in [1.807, 2.05) is 18.2 Å². The second kappa shape index (κ2) is 8.52. The third kappa shape index (κ3) is 5.34. The molecule has 0 unspecified atom stereocenters. The number of hydrogen-bond acceptors (Lipinski definition) is 4. The van der Waals surface area contributed by atoms with Crippen LogP contribution in [0.25, 0.3) is 0 Å². The molecular weight excluding hydrogens is 328 g/mol. The number of ether oxygens (including phenoxy) is 2. The fraction of sp³-hybridized carbons (Fsp3) is 0.333. The monoisotopic (exact) mass is 354 g/mol. The molecule has 0 aromatic heterocycles. The minimum Gasteiger partial charge on any atom is -0.493 e. The number of benzene rings is 2. The highest BCUT2D eigenvalue weighted by molar-refractivity contribution is 5.83. The van der Waals surface area contributed by atoms with E-state index in [-0.39, 0.29) is 17.7 Å². The topological polar surface area (TPSA) is 59.9 Å². The van der Waals surface area contributed by atoms with E-state index < -0.39 is 0 Å². The fourth-order valence-electron chi connectivity index (χ4n) is 2.46. The molecule has 5 heteroatoms. The average Bonchev–Trinajstić information content (AvgIpc) is 2.61. The molecule has 0 aliphatic carbocycles. The van der Waals surface area contributed by atoms with Crippen molar-refractivity contribution in [2.45, 2.75) is 32.6 Å². The molecule has 1 amide bonds. The second-order valence-electron chi connectivity index (χ2n) is 7.03. The summed E-state index contributed by atoms with van der Waals surface area (Å²) in [5.41, 5.74) is 5.68. The van der Waals surface area contributed by atoms with E-state index in [0.717, 1.165) is 11.1 Å². The first kappa shape index (κ1) is 19.5. The zero-order valence-corrected chi connectivity index (χ0v) is 16.0. The summed E-state index contributed by atoms with van der Waals surface area (Å²) in [6, 6.07) is 13.5. The molecular formula is C21H26N2O3. The molecule has 5 nitrogen and oxygen atoms in total. The molecule has 0 radical (unpaired) electrons. The Hall–Kier alpha value is -2.82. The number of rotatable bonds is 6. The number of carbonyl (C=O) groups excluding carboxylic acids is 1. The van der Waals surface area contributed by atoms with Crippen LogP contribution in [-0.4, -0.2) is 26.3 Å². The van der Waals surface area contributed by atoms with Crippen LogP contribution >= 0.6 is 0 Å². The molecule has 1 N–H and O–H groups in total. The Morgan fingerprint density at radius 3 is 2.27 bits per heavy atom. The van der Waals surface area contributed by atoms with Crippen molar-refractivity contribution in [2.75, 3.05) is 14.2 Å². The first-order chi connectivity index (χ1) is 12.3. The number of methoxy groups -OCH3 is 2. The van der Waals surface area contributed by atoms with Crippen molar-refractivity contribution in [3.8, 4) is 11.5 Å². The van der Waals surface area contributed by atoms with E-state index in [9.17, 15) is 4.79 Å². The lowest BCUT2D eigenvalue weighted by molar-refractivity contribution is -0.120. The Morgan fingerprint density at radius 2 is 1.69 bits per heavy atom. The summed E-state index contributed by atoms with van der Waals surface area (Å²) in [5, 5.41) is 4.03. The quantitative estimate of drug-likeness (QED) is 0.636. The maximum atomic E-state index is 12.0. The van der Waals surface area contributed by atoms with Crippen LogP contribution in [0.1, 0.15) is 37.5 Å². The summed E-state index contributed by atoms with van der Waals surface area (Å²) in [6.07, 6.45) is 1.85. The molecule has 0 aliphatic heterocycles. The van der Waals surface area contributed by atoms with Gasteiger partial charge in [0.1, 0.15) is 0 Å². The minimum absolute atomic E-state index is 0.114. The predicted octanol–water partition coefficient (Wildman–Crippen LogP) is 3.69. The van der Waals surface area contributed by atoms with E-state index in [2.05, 4.69) is 43.4 Å². The Labute approximate surface area is 155 Å². The van der Waals surface area contributed by atoms with Crippen LogP contribution in [0, 0.1) is 0 Å². The smallest absolute Gasteiger partial charge is 0.244 e. The van der Waals surface area contributed by atoms with Gasteiger partial charge in [-0.25, -0.2) is 5.43 Å². The van der Waals surface area contributed by atoms with Gasteiger partial charge in [0.05, 0.1) is 26.9 Å². The van der Waals surface area contributed by atoms with Crippen molar-refractivity contribution in [2.24, 2.45) is 5.10 Å².